The molecule has 0 aromatic carbocycles. The van der Waals surface area contributed by atoms with Crippen LogP contribution in [0.3, 0.4) is 0 Å². The van der Waals surface area contributed by atoms with Gasteiger partial charge in [0.1, 0.15) is 0 Å². The van der Waals surface area contributed by atoms with Gasteiger partial charge in [-0.15, -0.1) is 0 Å². The van der Waals surface area contributed by atoms with Gasteiger partial charge in [0, 0.05) is 12.3 Å². The second kappa shape index (κ2) is 4.16. The summed E-state index contributed by atoms with van der Waals surface area (Å²) in [7, 11) is 0. The maximum Gasteiger partial charge on any atom is 0.419 e. The molecule has 0 bridgehead atoms. The smallest absolute Gasteiger partial charge is 0.419 e. The Bertz CT molecular complexity index is 381. The van der Waals surface area contributed by atoms with Crippen molar-refractivity contribution >= 4 is 5.97 Å². The average Bonchev–Trinajstić information content (AvgIpc) is 2.51. The fourth-order valence-corrected chi connectivity index (χ4v) is 0.871. The highest BCUT2D eigenvalue weighted by Gasteiger charge is 2.31. The summed E-state index contributed by atoms with van der Waals surface area (Å²) in [5, 5.41) is 11.7. The van der Waals surface area contributed by atoms with Crippen molar-refractivity contribution in [1.82, 2.24) is 9.78 Å². The van der Waals surface area contributed by atoms with Gasteiger partial charge in [-0.3, -0.25) is 4.68 Å². The third-order valence-corrected chi connectivity index (χ3v) is 1.51. The van der Waals surface area contributed by atoms with Gasteiger partial charge in [-0.2, -0.15) is 18.3 Å². The first-order valence-corrected chi connectivity index (χ1v) is 3.88. The van der Waals surface area contributed by atoms with Crippen LogP contribution >= 0.6 is 0 Å². The van der Waals surface area contributed by atoms with Gasteiger partial charge in [0.05, 0.1) is 18.3 Å². The van der Waals surface area contributed by atoms with E-state index in [0.717, 1.165) is 17.0 Å². The van der Waals surface area contributed by atoms with Crippen LogP contribution in [0.2, 0.25) is 0 Å². The lowest BCUT2D eigenvalue weighted by Crippen LogP contribution is -2.03. The number of carbonyl (C=O) groups is 1. The molecule has 1 N–H and O–H groups in total. The number of halogens is 3. The van der Waals surface area contributed by atoms with E-state index in [1.165, 1.54) is 6.08 Å². The van der Waals surface area contributed by atoms with Crippen LogP contribution in [-0.2, 0) is 17.5 Å². The topological polar surface area (TPSA) is 55.1 Å². The number of carboxylic acids is 1. The fourth-order valence-electron chi connectivity index (χ4n) is 0.871. The number of hydrogen-bond acceptors (Lipinski definition) is 2. The van der Waals surface area contributed by atoms with E-state index in [0.29, 0.717) is 6.20 Å². The molecular formula is C8H7F3N2O2. The minimum Gasteiger partial charge on any atom is -0.478 e. The molecule has 0 aliphatic rings. The van der Waals surface area contributed by atoms with Gasteiger partial charge in [-0.1, -0.05) is 6.08 Å². The molecule has 4 nitrogen and oxygen atoms in total. The zero-order valence-corrected chi connectivity index (χ0v) is 7.40. The van der Waals surface area contributed by atoms with E-state index in [9.17, 15) is 18.0 Å². The molecule has 0 aliphatic heterocycles. The Labute approximate surface area is 82.6 Å². The van der Waals surface area contributed by atoms with E-state index in [2.05, 4.69) is 5.10 Å². The number of aromatic nitrogens is 2. The molecule has 1 aromatic heterocycles. The fraction of sp³-hybridized carbons (Fsp3) is 0.250. The monoisotopic (exact) mass is 220 g/mol. The van der Waals surface area contributed by atoms with Crippen LogP contribution in [-0.4, -0.2) is 20.9 Å². The molecule has 7 heteroatoms. The highest BCUT2D eigenvalue weighted by atomic mass is 19.4. The standard InChI is InChI=1S/C8H7F3N2O2/c9-8(10,11)6-4-12-13(5-6)3-1-2-7(14)15/h1-2,4-5H,3H2,(H,14,15)/b2-1+. The summed E-state index contributed by atoms with van der Waals surface area (Å²) in [4.78, 5) is 10.1. The Morgan fingerprint density at radius 3 is 2.73 bits per heavy atom. The van der Waals surface area contributed by atoms with Crippen LogP contribution in [0.5, 0.6) is 0 Å². The summed E-state index contributed by atoms with van der Waals surface area (Å²) < 4.78 is 37.3. The second-order valence-corrected chi connectivity index (χ2v) is 2.69. The maximum atomic E-state index is 12.1. The van der Waals surface area contributed by atoms with Crippen molar-refractivity contribution in [3.8, 4) is 0 Å². The van der Waals surface area contributed by atoms with Crippen molar-refractivity contribution in [1.29, 1.82) is 0 Å². The van der Waals surface area contributed by atoms with E-state index >= 15 is 0 Å². The second-order valence-electron chi connectivity index (χ2n) is 2.69. The first-order valence-electron chi connectivity index (χ1n) is 3.88. The summed E-state index contributed by atoms with van der Waals surface area (Å²) in [6.45, 7) is -0.0115. The molecule has 0 saturated carbocycles. The van der Waals surface area contributed by atoms with E-state index < -0.39 is 17.7 Å². The van der Waals surface area contributed by atoms with E-state index in [1.807, 2.05) is 0 Å². The van der Waals surface area contributed by atoms with Crippen molar-refractivity contribution in [2.75, 3.05) is 0 Å². The van der Waals surface area contributed by atoms with Crippen LogP contribution in [0.1, 0.15) is 5.56 Å². The number of alkyl halides is 3. The highest BCUT2D eigenvalue weighted by Crippen LogP contribution is 2.28. The van der Waals surface area contributed by atoms with Crippen molar-refractivity contribution in [3.05, 3.63) is 30.1 Å². The molecule has 0 atom stereocenters. The molecule has 1 heterocycles. The summed E-state index contributed by atoms with van der Waals surface area (Å²) in [6.07, 6.45) is -0.875. The van der Waals surface area contributed by atoms with Crippen LogP contribution < -0.4 is 0 Å². The first kappa shape index (κ1) is 11.3. The zero-order chi connectivity index (χ0) is 11.5. The van der Waals surface area contributed by atoms with Crippen LogP contribution in [0.4, 0.5) is 13.2 Å². The largest absolute Gasteiger partial charge is 0.478 e. The number of carboxylic acid groups (broad SMARTS) is 1. The van der Waals surface area contributed by atoms with E-state index in [4.69, 9.17) is 5.11 Å². The summed E-state index contributed by atoms with van der Waals surface area (Å²) in [6, 6.07) is 0. The van der Waals surface area contributed by atoms with Crippen molar-refractivity contribution in [3.63, 3.8) is 0 Å². The zero-order valence-electron chi connectivity index (χ0n) is 7.40. The predicted molar refractivity (Wildman–Crippen MR) is 44.0 cm³/mol. The normalized spacial score (nSPS) is 12.2. The summed E-state index contributed by atoms with van der Waals surface area (Å²) >= 11 is 0. The maximum absolute atomic E-state index is 12.1. The van der Waals surface area contributed by atoms with E-state index in [1.54, 1.807) is 0 Å². The lowest BCUT2D eigenvalue weighted by molar-refractivity contribution is -0.137. The summed E-state index contributed by atoms with van der Waals surface area (Å²) in [5.74, 6) is -1.15. The van der Waals surface area contributed by atoms with Crippen LogP contribution in [0, 0.1) is 0 Å². The average molecular weight is 220 g/mol. The third-order valence-electron chi connectivity index (χ3n) is 1.51. The van der Waals surface area contributed by atoms with Crippen molar-refractivity contribution in [2.45, 2.75) is 12.7 Å². The first-order chi connectivity index (χ1) is 6.89. The van der Waals surface area contributed by atoms with Crippen LogP contribution in [0.25, 0.3) is 0 Å². The van der Waals surface area contributed by atoms with Crippen molar-refractivity contribution < 1.29 is 23.1 Å². The molecule has 0 amide bonds. The minimum atomic E-state index is -4.42. The Morgan fingerprint density at radius 1 is 1.60 bits per heavy atom. The number of nitrogens with zero attached hydrogens (tertiary/aromatic N) is 2. The number of allylic oxidation sites excluding steroid dienone is 1. The highest BCUT2D eigenvalue weighted by molar-refractivity contribution is 5.79. The molecule has 0 radical (unpaired) electrons. The Morgan fingerprint density at radius 2 is 2.27 bits per heavy atom. The number of hydrogen-bond donors (Lipinski definition) is 1. The molecule has 1 rings (SSSR count). The Hall–Kier alpha value is -1.79. The molecule has 0 spiro atoms. The Kier molecular flexibility index (Phi) is 3.13. The SMILES string of the molecule is O=C(O)/C=C/Cn1cc(C(F)(F)F)cn1. The molecule has 82 valence electrons. The van der Waals surface area contributed by atoms with Crippen molar-refractivity contribution in [2.24, 2.45) is 0 Å². The molecule has 0 aliphatic carbocycles. The number of rotatable bonds is 3. The van der Waals surface area contributed by atoms with Gasteiger partial charge in [-0.05, 0) is 0 Å². The quantitative estimate of drug-likeness (QED) is 0.786. The lowest BCUT2D eigenvalue weighted by atomic mass is 10.3. The number of aliphatic carboxylic acids is 1. The molecule has 15 heavy (non-hydrogen) atoms. The lowest BCUT2D eigenvalue weighted by Gasteiger charge is -2.00. The van der Waals surface area contributed by atoms with Gasteiger partial charge in [-0.25, -0.2) is 4.79 Å². The van der Waals surface area contributed by atoms with Gasteiger partial charge in [0.25, 0.3) is 0 Å². The molecule has 0 unspecified atom stereocenters. The van der Waals surface area contributed by atoms with Crippen LogP contribution in [0.15, 0.2) is 24.5 Å². The van der Waals surface area contributed by atoms with Gasteiger partial charge >= 0.3 is 12.1 Å². The molecule has 0 saturated heterocycles. The molecular weight excluding hydrogens is 213 g/mol. The predicted octanol–water partition coefficient (Wildman–Crippen LogP) is 1.54. The summed E-state index contributed by atoms with van der Waals surface area (Å²) in [5.41, 5.74) is -0.855. The van der Waals surface area contributed by atoms with Gasteiger partial charge in [0.2, 0.25) is 0 Å². The minimum absolute atomic E-state index is 0.0115. The van der Waals surface area contributed by atoms with Gasteiger partial charge in [0.15, 0.2) is 0 Å². The molecule has 0 fully saturated rings. The Balaban J connectivity index is 2.65. The van der Waals surface area contributed by atoms with E-state index in [-0.39, 0.29) is 6.54 Å². The molecule has 1 aromatic rings. The third kappa shape index (κ3) is 3.45. The van der Waals surface area contributed by atoms with Gasteiger partial charge < -0.3 is 5.11 Å².